The Morgan fingerprint density at radius 2 is 1.57 bits per heavy atom. The zero-order valence-electron chi connectivity index (χ0n) is 4.05. The quantitative estimate of drug-likeness (QED) is 0.681. The summed E-state index contributed by atoms with van der Waals surface area (Å²) < 4.78 is 22.7. The van der Waals surface area contributed by atoms with E-state index in [1.54, 1.807) is 0 Å². The van der Waals surface area contributed by atoms with Crippen LogP contribution in [0.15, 0.2) is 0 Å². The predicted molar refractivity (Wildman–Crippen MR) is 24.1 cm³/mol. The molecule has 0 N–H and O–H groups in total. The molecular weight excluding hydrogens is 288 g/mol. The van der Waals surface area contributed by atoms with Gasteiger partial charge in [-0.1, -0.05) is 0 Å². The molecule has 0 spiro atoms. The van der Waals surface area contributed by atoms with E-state index < -0.39 is 10.0 Å². The van der Waals surface area contributed by atoms with Gasteiger partial charge in [-0.15, -0.1) is 0 Å². The predicted octanol–water partition coefficient (Wildman–Crippen LogP) is -0.0530. The van der Waals surface area contributed by atoms with Crippen LogP contribution in [-0.2, 0) is 30.4 Å². The molecule has 0 fully saturated rings. The van der Waals surface area contributed by atoms with E-state index in [0.29, 0.717) is 0 Å². The van der Waals surface area contributed by atoms with Gasteiger partial charge in [0.15, 0.2) is 0 Å². The molecule has 0 aromatic heterocycles. The maximum Gasteiger partial charge on any atom is 0.0690 e. The normalized spacial score (nSPS) is 10.0. The molecule has 0 aliphatic carbocycles. The van der Waals surface area contributed by atoms with Crippen molar-refractivity contribution in [2.24, 2.45) is 0 Å². The molecule has 7 heavy (non-hydrogen) atoms. The molecule has 5 heteroatoms. The van der Waals surface area contributed by atoms with Gasteiger partial charge in [0.2, 0.25) is 0 Å². The minimum atomic E-state index is -3.04. The van der Waals surface area contributed by atoms with E-state index in [0.717, 1.165) is 6.26 Å². The van der Waals surface area contributed by atoms with Crippen molar-refractivity contribution in [1.82, 2.24) is 0 Å². The van der Waals surface area contributed by atoms with Gasteiger partial charge < -0.3 is 4.72 Å². The van der Waals surface area contributed by atoms with Crippen molar-refractivity contribution in [2.75, 3.05) is 13.3 Å². The van der Waals surface area contributed by atoms with E-state index in [2.05, 4.69) is 4.72 Å². The molecule has 0 unspecified atom stereocenters. The van der Waals surface area contributed by atoms with Gasteiger partial charge >= 0.3 is 0 Å². The van der Waals surface area contributed by atoms with Gasteiger partial charge in [-0.2, -0.15) is 7.05 Å². The number of nitrogens with zero attached hydrogens (tertiary/aromatic N) is 1. The summed E-state index contributed by atoms with van der Waals surface area (Å²) in [6, 6.07) is 0. The Labute approximate surface area is 57.2 Å². The van der Waals surface area contributed by atoms with Gasteiger partial charge in [0, 0.05) is 26.7 Å². The summed E-state index contributed by atoms with van der Waals surface area (Å²) in [7, 11) is -1.79. The molecule has 0 aliphatic rings. The van der Waals surface area contributed by atoms with Crippen molar-refractivity contribution in [3.8, 4) is 0 Å². The molecule has 0 bridgehead atoms. The summed E-state index contributed by atoms with van der Waals surface area (Å²) in [6.45, 7) is 0. The average molecular weight is 294 g/mol. The minimum Gasteiger partial charge on any atom is -0.552 e. The van der Waals surface area contributed by atoms with Crippen molar-refractivity contribution < 1.29 is 28.8 Å². The van der Waals surface area contributed by atoms with Crippen LogP contribution in [0.1, 0.15) is 0 Å². The maximum absolute atomic E-state index is 9.83. The van der Waals surface area contributed by atoms with Crippen LogP contribution in [0.3, 0.4) is 0 Å². The molecule has 0 saturated carbocycles. The van der Waals surface area contributed by atoms with Crippen molar-refractivity contribution in [3.63, 3.8) is 0 Å². The first kappa shape index (κ1) is 10.5. The van der Waals surface area contributed by atoms with Crippen LogP contribution in [-0.4, -0.2) is 21.7 Å². The largest absolute Gasteiger partial charge is 0.552 e. The zero-order chi connectivity index (χ0) is 5.21. The fourth-order valence-electron chi connectivity index (χ4n) is 0. The molecule has 0 atom stereocenters. The Morgan fingerprint density at radius 3 is 1.57 bits per heavy atom. The molecular formula is C2H6NO2ReS-. The van der Waals surface area contributed by atoms with E-state index in [1.807, 2.05) is 0 Å². The fourth-order valence-corrected chi connectivity index (χ4v) is 0. The molecule has 0 amide bonds. The van der Waals surface area contributed by atoms with E-state index in [-0.39, 0.29) is 20.4 Å². The molecule has 0 aromatic carbocycles. The van der Waals surface area contributed by atoms with Crippen LogP contribution in [0.25, 0.3) is 4.72 Å². The minimum absolute atomic E-state index is 0. The van der Waals surface area contributed by atoms with Crippen LogP contribution in [0.4, 0.5) is 0 Å². The van der Waals surface area contributed by atoms with E-state index in [4.69, 9.17) is 0 Å². The van der Waals surface area contributed by atoms with Gasteiger partial charge in [-0.05, 0) is 0 Å². The van der Waals surface area contributed by atoms with Gasteiger partial charge in [0.25, 0.3) is 0 Å². The Morgan fingerprint density at radius 1 is 1.43 bits per heavy atom. The topological polar surface area (TPSA) is 48.2 Å². The second kappa shape index (κ2) is 3.56. The average Bonchev–Trinajstić information content (AvgIpc) is 1.35. The first-order valence-electron chi connectivity index (χ1n) is 1.37. The van der Waals surface area contributed by atoms with Crippen LogP contribution in [0, 0.1) is 0 Å². The van der Waals surface area contributed by atoms with E-state index in [9.17, 15) is 8.42 Å². The Balaban J connectivity index is 0. The molecule has 0 saturated heterocycles. The number of rotatable bonds is 1. The summed E-state index contributed by atoms with van der Waals surface area (Å²) in [6.07, 6.45) is 1.05. The third-order valence-corrected chi connectivity index (χ3v) is 0.995. The fraction of sp³-hybridized carbons (Fsp3) is 1.00. The van der Waals surface area contributed by atoms with Gasteiger partial charge in [-0.25, -0.2) is 8.42 Å². The van der Waals surface area contributed by atoms with Crippen LogP contribution in [0.2, 0.25) is 0 Å². The third-order valence-electron chi connectivity index (χ3n) is 0.332. The molecule has 0 heterocycles. The standard InChI is InChI=1S/C2H6NO2S.Re/c1-3-6(2,4)5;/h1-2H3;/q-1;. The maximum atomic E-state index is 9.83. The summed E-state index contributed by atoms with van der Waals surface area (Å²) in [5, 5.41) is 0. The summed E-state index contributed by atoms with van der Waals surface area (Å²) in [5.74, 6) is 0. The molecule has 3 nitrogen and oxygen atoms in total. The summed E-state index contributed by atoms with van der Waals surface area (Å²) >= 11 is 0. The van der Waals surface area contributed by atoms with Crippen molar-refractivity contribution in [1.29, 1.82) is 0 Å². The number of hydrogen-bond acceptors (Lipinski definition) is 2. The van der Waals surface area contributed by atoms with Crippen LogP contribution >= 0.6 is 0 Å². The second-order valence-corrected chi connectivity index (χ2v) is 2.75. The van der Waals surface area contributed by atoms with Gasteiger partial charge in [0.1, 0.15) is 0 Å². The number of hydrogen-bond donors (Lipinski definition) is 0. The first-order valence-corrected chi connectivity index (χ1v) is 3.22. The van der Waals surface area contributed by atoms with Crippen LogP contribution in [0.5, 0.6) is 0 Å². The smallest absolute Gasteiger partial charge is 0.0690 e. The number of sulfonamides is 1. The van der Waals surface area contributed by atoms with Crippen molar-refractivity contribution in [2.45, 2.75) is 0 Å². The molecule has 45 valence electrons. The summed E-state index contributed by atoms with van der Waals surface area (Å²) in [4.78, 5) is 0. The second-order valence-electron chi connectivity index (χ2n) is 0.916. The van der Waals surface area contributed by atoms with Gasteiger partial charge in [-0.3, -0.25) is 0 Å². The molecule has 0 aliphatic heterocycles. The van der Waals surface area contributed by atoms with Gasteiger partial charge in [0.05, 0.1) is 10.0 Å². The molecule has 0 aromatic rings. The Bertz CT molecular complexity index is 118. The van der Waals surface area contributed by atoms with Crippen molar-refractivity contribution in [3.05, 3.63) is 4.72 Å². The monoisotopic (exact) mass is 295 g/mol. The van der Waals surface area contributed by atoms with Crippen molar-refractivity contribution >= 4 is 10.0 Å². The van der Waals surface area contributed by atoms with E-state index >= 15 is 0 Å². The molecule has 0 rings (SSSR count). The Kier molecular flexibility index (Phi) is 5.36. The Hall–Kier alpha value is 0.572. The zero-order valence-corrected chi connectivity index (χ0v) is 7.58. The third kappa shape index (κ3) is 10.8. The van der Waals surface area contributed by atoms with E-state index in [1.165, 1.54) is 7.05 Å². The SMILES string of the molecule is C[N-]S(C)(=O)=O.[Re]. The summed E-state index contributed by atoms with van der Waals surface area (Å²) in [5.41, 5.74) is 0. The first-order chi connectivity index (χ1) is 2.56. The molecule has 1 radical (unpaired) electrons. The van der Waals surface area contributed by atoms with Crippen LogP contribution < -0.4 is 0 Å².